The monoisotopic (exact) mass is 257 g/mol. The van der Waals surface area contributed by atoms with E-state index in [0.29, 0.717) is 17.0 Å². The Morgan fingerprint density at radius 2 is 1.95 bits per heavy atom. The van der Waals surface area contributed by atoms with Crippen molar-refractivity contribution in [3.05, 3.63) is 58.5 Å². The number of ether oxygens (including phenoxy) is 1. The van der Waals surface area contributed by atoms with E-state index >= 15 is 0 Å². The maximum Gasteiger partial charge on any atom is 0.339 e. The Bertz CT molecular complexity index is 637. The molecule has 2 rings (SSSR count). The van der Waals surface area contributed by atoms with E-state index in [-0.39, 0.29) is 11.3 Å². The van der Waals surface area contributed by atoms with Gasteiger partial charge < -0.3 is 9.84 Å². The molecule has 0 saturated carbocycles. The van der Waals surface area contributed by atoms with Crippen molar-refractivity contribution in [2.24, 2.45) is 5.18 Å². The second-order valence-electron chi connectivity index (χ2n) is 3.94. The zero-order valence-electron chi connectivity index (χ0n) is 10.2. The molecule has 96 valence electrons. The number of carbonyl (C=O) groups is 1. The first-order valence-electron chi connectivity index (χ1n) is 5.56. The van der Waals surface area contributed by atoms with Crippen molar-refractivity contribution in [3.63, 3.8) is 0 Å². The van der Waals surface area contributed by atoms with Gasteiger partial charge in [0.15, 0.2) is 0 Å². The Hall–Kier alpha value is -2.69. The third-order valence-corrected chi connectivity index (χ3v) is 2.61. The van der Waals surface area contributed by atoms with Gasteiger partial charge in [0, 0.05) is 0 Å². The number of rotatable bonds is 4. The summed E-state index contributed by atoms with van der Waals surface area (Å²) in [6, 6.07) is 11.1. The van der Waals surface area contributed by atoms with Gasteiger partial charge in [-0.05, 0) is 48.0 Å². The fourth-order valence-corrected chi connectivity index (χ4v) is 1.65. The van der Waals surface area contributed by atoms with Gasteiger partial charge in [0.1, 0.15) is 22.7 Å². The highest BCUT2D eigenvalue weighted by Crippen LogP contribution is 2.29. The van der Waals surface area contributed by atoms with Crippen LogP contribution in [0.5, 0.6) is 11.5 Å². The minimum absolute atomic E-state index is 0.0812. The van der Waals surface area contributed by atoms with Gasteiger partial charge in [-0.2, -0.15) is 0 Å². The van der Waals surface area contributed by atoms with Crippen LogP contribution in [0, 0.1) is 11.8 Å². The quantitative estimate of drug-likeness (QED) is 0.843. The minimum Gasteiger partial charge on any atom is -0.478 e. The van der Waals surface area contributed by atoms with Gasteiger partial charge in [-0.3, -0.25) is 0 Å². The summed E-state index contributed by atoms with van der Waals surface area (Å²) < 4.78 is 5.53. The fraction of sp³-hybridized carbons (Fsp3) is 0.0714. The van der Waals surface area contributed by atoms with Crippen LogP contribution < -0.4 is 4.74 Å². The molecule has 0 spiro atoms. The maximum atomic E-state index is 11.0. The normalized spacial score (nSPS) is 9.95. The molecule has 2 aromatic rings. The summed E-state index contributed by atoms with van der Waals surface area (Å²) in [7, 11) is 0. The molecule has 0 atom stereocenters. The Morgan fingerprint density at radius 1 is 1.21 bits per heavy atom. The summed E-state index contributed by atoms with van der Waals surface area (Å²) >= 11 is 0. The summed E-state index contributed by atoms with van der Waals surface area (Å²) in [4.78, 5) is 21.5. The average molecular weight is 257 g/mol. The summed E-state index contributed by atoms with van der Waals surface area (Å²) in [5.41, 5.74) is 1.08. The third kappa shape index (κ3) is 2.77. The van der Waals surface area contributed by atoms with Gasteiger partial charge in [-0.15, -0.1) is 4.91 Å². The van der Waals surface area contributed by atoms with Crippen LogP contribution in [0.3, 0.4) is 0 Å². The van der Waals surface area contributed by atoms with E-state index in [1.807, 2.05) is 0 Å². The van der Waals surface area contributed by atoms with E-state index in [0.717, 1.165) is 0 Å². The number of aryl methyl sites for hydroxylation is 1. The molecule has 0 amide bonds. The lowest BCUT2D eigenvalue weighted by atomic mass is 10.2. The highest BCUT2D eigenvalue weighted by atomic mass is 16.5. The van der Waals surface area contributed by atoms with Crippen LogP contribution >= 0.6 is 0 Å². The molecule has 0 aliphatic rings. The number of hydrogen-bond donors (Lipinski definition) is 1. The molecule has 0 aliphatic carbocycles. The molecule has 2 aromatic carbocycles. The summed E-state index contributed by atoms with van der Waals surface area (Å²) in [5, 5.41) is 11.9. The molecule has 0 fully saturated rings. The van der Waals surface area contributed by atoms with Crippen molar-refractivity contribution in [1.82, 2.24) is 0 Å². The Morgan fingerprint density at radius 3 is 2.58 bits per heavy atom. The van der Waals surface area contributed by atoms with Crippen LogP contribution in [-0.4, -0.2) is 11.1 Å². The zero-order chi connectivity index (χ0) is 13.8. The van der Waals surface area contributed by atoms with Crippen molar-refractivity contribution < 1.29 is 14.6 Å². The van der Waals surface area contributed by atoms with Gasteiger partial charge in [0.05, 0.1) is 0 Å². The number of hydrogen-bond acceptors (Lipinski definition) is 4. The third-order valence-electron chi connectivity index (χ3n) is 2.61. The number of benzene rings is 2. The molecule has 1 N–H and O–H groups in total. The predicted octanol–water partition coefficient (Wildman–Crippen LogP) is 3.88. The number of nitroso groups, excluding NO2 is 1. The highest BCUT2D eigenvalue weighted by molar-refractivity contribution is 5.90. The second-order valence-corrected chi connectivity index (χ2v) is 3.94. The first-order chi connectivity index (χ1) is 9.11. The first kappa shape index (κ1) is 12.8. The lowest BCUT2D eigenvalue weighted by Gasteiger charge is -2.09. The lowest BCUT2D eigenvalue weighted by Crippen LogP contribution is -1.99. The van der Waals surface area contributed by atoms with Gasteiger partial charge in [-0.25, -0.2) is 4.79 Å². The van der Waals surface area contributed by atoms with Crippen molar-refractivity contribution in [3.8, 4) is 11.5 Å². The van der Waals surface area contributed by atoms with Crippen LogP contribution in [0.4, 0.5) is 5.69 Å². The standard InChI is InChI=1S/C14H11NO4/c1-9-8-10(6-7-12(9)15-18)19-13-5-3-2-4-11(13)14(16)17/h2-8H,1H3,(H,16,17). The number of nitrogens with zero attached hydrogens (tertiary/aromatic N) is 1. The molecule has 0 aliphatic heterocycles. The van der Waals surface area contributed by atoms with Crippen molar-refractivity contribution in [2.45, 2.75) is 6.92 Å². The van der Waals surface area contributed by atoms with Crippen LogP contribution in [0.2, 0.25) is 0 Å². The molecule has 0 saturated heterocycles. The van der Waals surface area contributed by atoms with E-state index in [2.05, 4.69) is 5.18 Å². The van der Waals surface area contributed by atoms with Gasteiger partial charge in [-0.1, -0.05) is 12.1 Å². The van der Waals surface area contributed by atoms with E-state index in [1.54, 1.807) is 37.3 Å². The van der Waals surface area contributed by atoms with Crippen LogP contribution in [-0.2, 0) is 0 Å². The van der Waals surface area contributed by atoms with Crippen molar-refractivity contribution in [2.75, 3.05) is 0 Å². The molecule has 0 unspecified atom stereocenters. The topological polar surface area (TPSA) is 76.0 Å². The number of carboxylic acids is 1. The van der Waals surface area contributed by atoms with E-state index in [9.17, 15) is 9.70 Å². The molecular formula is C14H11NO4. The molecular weight excluding hydrogens is 246 g/mol. The lowest BCUT2D eigenvalue weighted by molar-refractivity contribution is 0.0694. The molecule has 5 nitrogen and oxygen atoms in total. The fourth-order valence-electron chi connectivity index (χ4n) is 1.65. The number of carboxylic acid groups (broad SMARTS) is 1. The van der Waals surface area contributed by atoms with Gasteiger partial charge in [0.2, 0.25) is 0 Å². The number of aromatic carboxylic acids is 1. The Labute approximate surface area is 109 Å². The molecule has 0 heterocycles. The molecule has 19 heavy (non-hydrogen) atoms. The molecule has 0 radical (unpaired) electrons. The van der Waals surface area contributed by atoms with E-state index in [4.69, 9.17) is 9.84 Å². The van der Waals surface area contributed by atoms with Crippen LogP contribution in [0.25, 0.3) is 0 Å². The first-order valence-corrected chi connectivity index (χ1v) is 5.56. The van der Waals surface area contributed by atoms with E-state index < -0.39 is 5.97 Å². The predicted molar refractivity (Wildman–Crippen MR) is 70.1 cm³/mol. The van der Waals surface area contributed by atoms with Crippen LogP contribution in [0.1, 0.15) is 15.9 Å². The zero-order valence-corrected chi connectivity index (χ0v) is 10.2. The molecule has 0 aromatic heterocycles. The molecule has 5 heteroatoms. The van der Waals surface area contributed by atoms with Gasteiger partial charge in [0.25, 0.3) is 0 Å². The second kappa shape index (κ2) is 5.30. The number of para-hydroxylation sites is 1. The van der Waals surface area contributed by atoms with Gasteiger partial charge >= 0.3 is 5.97 Å². The largest absolute Gasteiger partial charge is 0.478 e. The molecule has 0 bridgehead atoms. The Balaban J connectivity index is 2.34. The van der Waals surface area contributed by atoms with Crippen LogP contribution in [0.15, 0.2) is 47.6 Å². The summed E-state index contributed by atoms with van der Waals surface area (Å²) in [6.45, 7) is 1.73. The summed E-state index contributed by atoms with van der Waals surface area (Å²) in [6.07, 6.45) is 0. The van der Waals surface area contributed by atoms with E-state index in [1.165, 1.54) is 12.1 Å². The highest BCUT2D eigenvalue weighted by Gasteiger charge is 2.11. The minimum atomic E-state index is -1.06. The van der Waals surface area contributed by atoms with Crippen molar-refractivity contribution >= 4 is 11.7 Å². The SMILES string of the molecule is Cc1cc(Oc2ccccc2C(=O)O)ccc1N=O. The Kier molecular flexibility index (Phi) is 3.56. The van der Waals surface area contributed by atoms with Crippen molar-refractivity contribution in [1.29, 1.82) is 0 Å². The average Bonchev–Trinajstić information content (AvgIpc) is 2.39. The maximum absolute atomic E-state index is 11.0. The smallest absolute Gasteiger partial charge is 0.339 e. The summed E-state index contributed by atoms with van der Waals surface area (Å²) in [5.74, 6) is -0.349.